The number of ether oxygens (including phenoxy) is 12. The molecular weight excluding hydrogens is 648 g/mol. The van der Waals surface area contributed by atoms with E-state index >= 15 is 0 Å². The van der Waals surface area contributed by atoms with Gasteiger partial charge >= 0.3 is 11.9 Å². The molecule has 0 unspecified atom stereocenters. The van der Waals surface area contributed by atoms with Crippen molar-refractivity contribution in [2.75, 3.05) is 145 Å². The van der Waals surface area contributed by atoms with Crippen LogP contribution in [0.4, 0.5) is 0 Å². The zero-order valence-corrected chi connectivity index (χ0v) is 29.0. The summed E-state index contributed by atoms with van der Waals surface area (Å²) in [5.41, 5.74) is 0.292. The average Bonchev–Trinajstić information content (AvgIpc) is 3.11. The van der Waals surface area contributed by atoms with Crippen LogP contribution in [0.15, 0.2) is 30.3 Å². The molecule has 0 N–H and O–H groups in total. The second-order valence-electron chi connectivity index (χ2n) is 9.93. The number of hydrogen-bond donors (Lipinski definition) is 0. The van der Waals surface area contributed by atoms with Crippen molar-refractivity contribution in [3.63, 3.8) is 0 Å². The molecule has 0 radical (unpaired) electrons. The largest absolute Gasteiger partial charge is 0.463 e. The van der Waals surface area contributed by atoms with Crippen molar-refractivity contribution in [3.8, 4) is 0 Å². The van der Waals surface area contributed by atoms with Crippen molar-refractivity contribution in [2.45, 2.75) is 19.8 Å². The third-order valence-corrected chi connectivity index (χ3v) is 5.98. The molecule has 0 aromatic heterocycles. The van der Waals surface area contributed by atoms with E-state index in [1.165, 1.54) is 0 Å². The Morgan fingerprint density at radius 3 is 1.00 bits per heavy atom. The van der Waals surface area contributed by atoms with Gasteiger partial charge in [0.05, 0.1) is 132 Å². The summed E-state index contributed by atoms with van der Waals surface area (Å²) in [5, 5.41) is 0. The summed E-state index contributed by atoms with van der Waals surface area (Å²) in [6.45, 7) is 10.8. The topological polar surface area (TPSA) is 162 Å². The monoisotopic (exact) mass is 704 g/mol. The zero-order valence-electron chi connectivity index (χ0n) is 29.0. The highest BCUT2D eigenvalue weighted by Crippen LogP contribution is 2.01. The summed E-state index contributed by atoms with van der Waals surface area (Å²) in [6.07, 6.45) is 1.21. The van der Waals surface area contributed by atoms with E-state index < -0.39 is 11.8 Å². The third-order valence-electron chi connectivity index (χ3n) is 5.98. The molecule has 0 bridgehead atoms. The standard InChI is InChI=1S/C34H56O15/c1-2-6-32(35)48-29-27-46-25-23-44-21-19-42-17-15-40-13-11-38-9-10-39-12-14-41-16-18-43-20-22-45-24-26-47-28-30-49-34(37)33(36)31-7-4-3-5-8-31/h3-5,7-8H,2,6,9-30H2,1H3. The van der Waals surface area contributed by atoms with E-state index in [1.54, 1.807) is 30.3 Å². The van der Waals surface area contributed by atoms with E-state index in [2.05, 4.69) is 0 Å². The highest BCUT2D eigenvalue weighted by atomic mass is 16.6. The van der Waals surface area contributed by atoms with Gasteiger partial charge in [0.15, 0.2) is 0 Å². The molecule has 0 saturated carbocycles. The fourth-order valence-corrected chi connectivity index (χ4v) is 3.54. The Morgan fingerprint density at radius 1 is 0.408 bits per heavy atom. The molecule has 0 aliphatic heterocycles. The van der Waals surface area contributed by atoms with Crippen molar-refractivity contribution < 1.29 is 71.2 Å². The number of rotatable bonds is 37. The molecule has 0 heterocycles. The predicted molar refractivity (Wildman–Crippen MR) is 176 cm³/mol. The van der Waals surface area contributed by atoms with Gasteiger partial charge in [0.2, 0.25) is 0 Å². The van der Waals surface area contributed by atoms with Crippen LogP contribution in [-0.2, 0) is 66.4 Å². The lowest BCUT2D eigenvalue weighted by atomic mass is 10.1. The first-order chi connectivity index (χ1) is 24.1. The van der Waals surface area contributed by atoms with Crippen molar-refractivity contribution in [2.24, 2.45) is 0 Å². The summed E-state index contributed by atoms with van der Waals surface area (Å²) < 4.78 is 64.1. The molecule has 0 atom stereocenters. The van der Waals surface area contributed by atoms with Crippen LogP contribution in [0.25, 0.3) is 0 Å². The van der Waals surface area contributed by atoms with Crippen LogP contribution >= 0.6 is 0 Å². The van der Waals surface area contributed by atoms with Crippen LogP contribution in [0, 0.1) is 0 Å². The lowest BCUT2D eigenvalue weighted by Gasteiger charge is -2.09. The van der Waals surface area contributed by atoms with Gasteiger partial charge in [-0.2, -0.15) is 0 Å². The normalized spacial score (nSPS) is 11.1. The molecule has 1 rings (SSSR count). The van der Waals surface area contributed by atoms with Gasteiger partial charge in [-0.1, -0.05) is 37.3 Å². The first kappa shape index (κ1) is 44.5. The number of carbonyl (C=O) groups excluding carboxylic acids is 3. The molecule has 49 heavy (non-hydrogen) atoms. The minimum Gasteiger partial charge on any atom is -0.463 e. The van der Waals surface area contributed by atoms with E-state index in [0.29, 0.717) is 138 Å². The van der Waals surface area contributed by atoms with E-state index in [4.69, 9.17) is 56.8 Å². The van der Waals surface area contributed by atoms with Gasteiger partial charge in [0.25, 0.3) is 5.78 Å². The molecular formula is C34H56O15. The molecule has 1 aromatic carbocycles. The Bertz CT molecular complexity index is 903. The van der Waals surface area contributed by atoms with Crippen LogP contribution in [0.1, 0.15) is 30.1 Å². The Kier molecular flexibility index (Phi) is 32.0. The van der Waals surface area contributed by atoms with Gasteiger partial charge in [-0.05, 0) is 6.42 Å². The van der Waals surface area contributed by atoms with Gasteiger partial charge in [-0.15, -0.1) is 0 Å². The average molecular weight is 705 g/mol. The molecule has 0 spiro atoms. The molecule has 15 heteroatoms. The lowest BCUT2D eigenvalue weighted by Crippen LogP contribution is -2.20. The first-order valence-electron chi connectivity index (χ1n) is 16.8. The minimum absolute atomic E-state index is 0.00658. The summed E-state index contributed by atoms with van der Waals surface area (Å²) in [7, 11) is 0. The maximum absolute atomic E-state index is 11.9. The molecule has 1 aromatic rings. The van der Waals surface area contributed by atoms with Gasteiger partial charge in [0, 0.05) is 12.0 Å². The number of esters is 2. The second-order valence-corrected chi connectivity index (χ2v) is 9.93. The Morgan fingerprint density at radius 2 is 0.694 bits per heavy atom. The van der Waals surface area contributed by atoms with Crippen LogP contribution in [0.3, 0.4) is 0 Å². The number of benzene rings is 1. The van der Waals surface area contributed by atoms with Gasteiger partial charge < -0.3 is 56.8 Å². The molecule has 0 aliphatic carbocycles. The SMILES string of the molecule is CCCC(=O)OCCOCCOCCOCCOCCOCCOCCOCCOCCOCCOCCOC(=O)C(=O)c1ccccc1. The summed E-state index contributed by atoms with van der Waals surface area (Å²) in [5.74, 6) is -1.77. The van der Waals surface area contributed by atoms with Gasteiger partial charge in [-0.25, -0.2) is 4.79 Å². The Labute approximate surface area is 289 Å². The highest BCUT2D eigenvalue weighted by molar-refractivity contribution is 6.40. The number of hydrogen-bond acceptors (Lipinski definition) is 15. The minimum atomic E-state index is -0.901. The van der Waals surface area contributed by atoms with Crippen LogP contribution < -0.4 is 0 Å². The van der Waals surface area contributed by atoms with Gasteiger partial charge in [-0.3, -0.25) is 9.59 Å². The summed E-state index contributed by atoms with van der Waals surface area (Å²) in [6, 6.07) is 8.25. The summed E-state index contributed by atoms with van der Waals surface area (Å²) in [4.78, 5) is 34.8. The van der Waals surface area contributed by atoms with E-state index in [1.807, 2.05) is 6.92 Å². The smallest absolute Gasteiger partial charge is 0.379 e. The summed E-state index contributed by atoms with van der Waals surface area (Å²) >= 11 is 0. The third kappa shape index (κ3) is 30.0. The fraction of sp³-hybridized carbons (Fsp3) is 0.735. The van der Waals surface area contributed by atoms with Crippen LogP contribution in [0.2, 0.25) is 0 Å². The molecule has 0 saturated heterocycles. The van der Waals surface area contributed by atoms with Crippen molar-refractivity contribution in [1.29, 1.82) is 0 Å². The van der Waals surface area contributed by atoms with E-state index in [9.17, 15) is 14.4 Å². The van der Waals surface area contributed by atoms with Crippen molar-refractivity contribution >= 4 is 17.7 Å². The number of Topliss-reactive ketones (excluding diaryl/α,β-unsaturated/α-hetero) is 1. The second kappa shape index (κ2) is 35.3. The van der Waals surface area contributed by atoms with E-state index in [-0.39, 0.29) is 25.8 Å². The Hall–Kier alpha value is -2.57. The number of ketones is 1. The van der Waals surface area contributed by atoms with Crippen LogP contribution in [-0.4, -0.2) is 163 Å². The molecule has 0 amide bonds. The molecule has 282 valence electrons. The van der Waals surface area contributed by atoms with Crippen molar-refractivity contribution in [3.05, 3.63) is 35.9 Å². The highest BCUT2D eigenvalue weighted by Gasteiger charge is 2.17. The molecule has 0 aliphatic rings. The molecule has 0 fully saturated rings. The predicted octanol–water partition coefficient (Wildman–Crippen LogP) is 1.92. The maximum atomic E-state index is 11.9. The maximum Gasteiger partial charge on any atom is 0.379 e. The van der Waals surface area contributed by atoms with Gasteiger partial charge in [0.1, 0.15) is 13.2 Å². The van der Waals surface area contributed by atoms with Crippen molar-refractivity contribution in [1.82, 2.24) is 0 Å². The lowest BCUT2D eigenvalue weighted by molar-refractivity contribution is -0.145. The quantitative estimate of drug-likeness (QED) is 0.0427. The molecule has 15 nitrogen and oxygen atoms in total. The van der Waals surface area contributed by atoms with Crippen LogP contribution in [0.5, 0.6) is 0 Å². The number of carbonyl (C=O) groups is 3. The zero-order chi connectivity index (χ0) is 35.3. The first-order valence-corrected chi connectivity index (χ1v) is 16.8. The Balaban J connectivity index is 1.66. The fourth-order valence-electron chi connectivity index (χ4n) is 3.54. The van der Waals surface area contributed by atoms with E-state index in [0.717, 1.165) is 6.42 Å².